The second-order valence-corrected chi connectivity index (χ2v) is 11.7. The fraction of sp³-hybridized carbons (Fsp3) is 0.538. The van der Waals surface area contributed by atoms with Crippen molar-refractivity contribution in [2.75, 3.05) is 18.5 Å². The Morgan fingerprint density at radius 2 is 1.97 bits per heavy atom. The predicted molar refractivity (Wildman–Crippen MR) is 138 cm³/mol. The Morgan fingerprint density at radius 3 is 2.78 bits per heavy atom. The van der Waals surface area contributed by atoms with E-state index < -0.39 is 16.4 Å². The molecule has 37 heavy (non-hydrogen) atoms. The molecule has 0 amide bonds. The predicted octanol–water partition coefficient (Wildman–Crippen LogP) is 3.56. The van der Waals surface area contributed by atoms with Crippen molar-refractivity contribution < 1.29 is 22.4 Å². The molecular formula is C26H33N5O5S. The second kappa shape index (κ2) is 9.86. The summed E-state index contributed by atoms with van der Waals surface area (Å²) in [4.78, 5) is 9.35. The number of aliphatic hydroxyl groups is 1. The van der Waals surface area contributed by atoms with Gasteiger partial charge in [0.15, 0.2) is 0 Å². The molecule has 0 radical (unpaired) electrons. The van der Waals surface area contributed by atoms with E-state index in [2.05, 4.69) is 27.0 Å². The third kappa shape index (κ3) is 4.93. The first kappa shape index (κ1) is 24.6. The average Bonchev–Trinajstić information content (AvgIpc) is 3.61. The Morgan fingerprint density at radius 1 is 1.16 bits per heavy atom. The summed E-state index contributed by atoms with van der Waals surface area (Å²) in [5, 5.41) is 20.4. The molecule has 2 fully saturated rings. The van der Waals surface area contributed by atoms with Gasteiger partial charge in [0, 0.05) is 29.6 Å². The van der Waals surface area contributed by atoms with Crippen molar-refractivity contribution in [3.8, 4) is 5.75 Å². The van der Waals surface area contributed by atoms with Crippen LogP contribution in [0.4, 0.5) is 5.82 Å². The van der Waals surface area contributed by atoms with Crippen molar-refractivity contribution in [1.82, 2.24) is 14.5 Å². The number of aromatic nitrogens is 3. The summed E-state index contributed by atoms with van der Waals surface area (Å²) in [6.07, 6.45) is 7.46. The van der Waals surface area contributed by atoms with Crippen LogP contribution >= 0.6 is 0 Å². The van der Waals surface area contributed by atoms with Crippen molar-refractivity contribution >= 4 is 27.2 Å². The monoisotopic (exact) mass is 527 g/mol. The lowest BCUT2D eigenvalue weighted by Gasteiger charge is -2.27. The maximum atomic E-state index is 11.3. The highest BCUT2D eigenvalue weighted by atomic mass is 32.2. The van der Waals surface area contributed by atoms with Crippen LogP contribution in [0.5, 0.6) is 5.75 Å². The Kier molecular flexibility index (Phi) is 6.56. The minimum absolute atomic E-state index is 0.0243. The number of ether oxygens (including phenoxy) is 1. The van der Waals surface area contributed by atoms with Crippen molar-refractivity contribution in [2.45, 2.75) is 69.1 Å². The number of benzene rings is 1. The van der Waals surface area contributed by atoms with Crippen LogP contribution in [-0.2, 0) is 14.5 Å². The third-order valence-electron chi connectivity index (χ3n) is 8.15. The summed E-state index contributed by atoms with van der Waals surface area (Å²) in [6.45, 7) is 0.512. The van der Waals surface area contributed by atoms with E-state index in [1.165, 1.54) is 18.5 Å². The fourth-order valence-electron chi connectivity index (χ4n) is 6.39. The average molecular weight is 528 g/mol. The van der Waals surface area contributed by atoms with Gasteiger partial charge in [-0.25, -0.2) is 15.1 Å². The van der Waals surface area contributed by atoms with E-state index in [1.807, 2.05) is 18.2 Å². The van der Waals surface area contributed by atoms with E-state index >= 15 is 0 Å². The molecule has 4 N–H and O–H groups in total. The molecule has 2 aromatic heterocycles. The zero-order chi connectivity index (χ0) is 25.6. The number of rotatable bonds is 7. The molecule has 3 heterocycles. The number of anilines is 1. The van der Waals surface area contributed by atoms with Crippen molar-refractivity contribution in [2.24, 2.45) is 11.1 Å². The van der Waals surface area contributed by atoms with Gasteiger partial charge in [0.05, 0.1) is 30.7 Å². The summed E-state index contributed by atoms with van der Waals surface area (Å²) in [6, 6.07) is 10.4. The van der Waals surface area contributed by atoms with Crippen LogP contribution in [0.3, 0.4) is 0 Å². The Hall–Kier alpha value is -2.73. The van der Waals surface area contributed by atoms with Crippen LogP contribution in [0.15, 0.2) is 36.7 Å². The van der Waals surface area contributed by atoms with Gasteiger partial charge in [-0.2, -0.15) is 8.42 Å². The molecule has 198 valence electrons. The van der Waals surface area contributed by atoms with Gasteiger partial charge in [0.1, 0.15) is 23.5 Å². The zero-order valence-corrected chi connectivity index (χ0v) is 21.4. The van der Waals surface area contributed by atoms with Gasteiger partial charge in [0.25, 0.3) is 0 Å². The van der Waals surface area contributed by atoms with E-state index in [1.54, 1.807) is 6.33 Å². The first-order valence-corrected chi connectivity index (χ1v) is 14.5. The largest absolute Gasteiger partial charge is 0.493 e. The van der Waals surface area contributed by atoms with E-state index in [0.717, 1.165) is 47.4 Å². The molecule has 2 aliphatic carbocycles. The van der Waals surface area contributed by atoms with Crippen LogP contribution in [0.25, 0.3) is 11.0 Å². The van der Waals surface area contributed by atoms with Crippen LogP contribution in [0.1, 0.15) is 74.2 Å². The molecule has 6 rings (SSSR count). The number of nitrogens with one attached hydrogen (secondary N) is 1. The van der Waals surface area contributed by atoms with Gasteiger partial charge in [-0.1, -0.05) is 31.0 Å². The Bertz CT molecular complexity index is 1390. The second-order valence-electron chi connectivity index (χ2n) is 10.5. The molecule has 2 saturated carbocycles. The summed E-state index contributed by atoms with van der Waals surface area (Å²) in [7, 11) is -4.06. The summed E-state index contributed by atoms with van der Waals surface area (Å²) < 4.78 is 35.6. The molecule has 1 aromatic carbocycles. The van der Waals surface area contributed by atoms with Crippen molar-refractivity contribution in [3.05, 3.63) is 47.9 Å². The SMILES string of the molecule is NS(=O)(=O)OC[C@@H]1CC(n2c(C3CCCC3)cc3c(N[C@H]4CCOc5ccccc54)ncnc32)C[C@@H]1O. The lowest BCUT2D eigenvalue weighted by Crippen LogP contribution is -2.24. The summed E-state index contributed by atoms with van der Waals surface area (Å²) >= 11 is 0. The lowest BCUT2D eigenvalue weighted by atomic mass is 10.0. The van der Waals surface area contributed by atoms with Gasteiger partial charge in [-0.15, -0.1) is 0 Å². The molecular weight excluding hydrogens is 494 g/mol. The van der Waals surface area contributed by atoms with Crippen LogP contribution in [0.2, 0.25) is 0 Å². The van der Waals surface area contributed by atoms with Gasteiger partial charge in [-0.3, -0.25) is 4.18 Å². The van der Waals surface area contributed by atoms with Crippen molar-refractivity contribution in [3.63, 3.8) is 0 Å². The molecule has 1 unspecified atom stereocenters. The minimum Gasteiger partial charge on any atom is -0.493 e. The van der Waals surface area contributed by atoms with Crippen LogP contribution in [-0.4, -0.2) is 47.4 Å². The highest BCUT2D eigenvalue weighted by Crippen LogP contribution is 2.44. The summed E-state index contributed by atoms with van der Waals surface area (Å²) in [5.74, 6) is 1.78. The maximum Gasteiger partial charge on any atom is 0.333 e. The van der Waals surface area contributed by atoms with Gasteiger partial charge < -0.3 is 19.7 Å². The summed E-state index contributed by atoms with van der Waals surface area (Å²) in [5.41, 5.74) is 3.17. The quantitative estimate of drug-likeness (QED) is 0.423. The van der Waals surface area contributed by atoms with Gasteiger partial charge in [-0.05, 0) is 43.7 Å². The standard InChI is InChI=1S/C26H33N5O5S/c27-37(33,34)36-14-17-11-18(12-23(17)32)31-22(16-5-1-2-6-16)13-20-25(28-15-29-26(20)31)30-21-9-10-35-24-8-4-3-7-19(21)24/h3-4,7-8,13,15-18,21,23,32H,1-2,5-6,9-12,14H2,(H2,27,33,34)(H,28,29,30)/t17-,18?,21-,23-/m0/s1. The maximum absolute atomic E-state index is 11.3. The van der Waals surface area contributed by atoms with E-state index in [4.69, 9.17) is 19.0 Å². The first-order chi connectivity index (χ1) is 17.9. The third-order valence-corrected chi connectivity index (χ3v) is 8.61. The first-order valence-electron chi connectivity index (χ1n) is 13.1. The molecule has 3 aromatic rings. The van der Waals surface area contributed by atoms with E-state index in [9.17, 15) is 13.5 Å². The number of fused-ring (bicyclic) bond motifs is 2. The molecule has 3 aliphatic rings. The number of nitrogens with zero attached hydrogens (tertiary/aromatic N) is 3. The van der Waals surface area contributed by atoms with Gasteiger partial charge in [0.2, 0.25) is 0 Å². The topological polar surface area (TPSA) is 142 Å². The van der Waals surface area contributed by atoms with Crippen LogP contribution < -0.4 is 15.2 Å². The van der Waals surface area contributed by atoms with Crippen LogP contribution in [0, 0.1) is 5.92 Å². The Balaban J connectivity index is 1.35. The molecule has 0 spiro atoms. The molecule has 1 aliphatic heterocycles. The Labute approximate surface area is 216 Å². The number of nitrogens with two attached hydrogens (primary N) is 1. The molecule has 4 atom stereocenters. The lowest BCUT2D eigenvalue weighted by molar-refractivity contribution is 0.100. The molecule has 11 heteroatoms. The highest BCUT2D eigenvalue weighted by molar-refractivity contribution is 7.84. The van der Waals surface area contributed by atoms with Gasteiger partial charge >= 0.3 is 10.3 Å². The number of hydrogen-bond donors (Lipinski definition) is 3. The fourth-order valence-corrected chi connectivity index (χ4v) is 6.75. The molecule has 0 saturated heterocycles. The normalized spacial score (nSPS) is 26.3. The van der Waals surface area contributed by atoms with E-state index in [-0.39, 0.29) is 24.6 Å². The zero-order valence-electron chi connectivity index (χ0n) is 20.6. The number of para-hydroxylation sites is 1. The van der Waals surface area contributed by atoms with E-state index in [0.29, 0.717) is 25.4 Å². The number of aliphatic hydroxyl groups excluding tert-OH is 1. The molecule has 0 bridgehead atoms. The minimum atomic E-state index is -4.06. The molecule has 10 nitrogen and oxygen atoms in total. The number of hydrogen-bond acceptors (Lipinski definition) is 8. The van der Waals surface area contributed by atoms with Crippen molar-refractivity contribution in [1.29, 1.82) is 0 Å². The highest BCUT2D eigenvalue weighted by Gasteiger charge is 2.38. The smallest absolute Gasteiger partial charge is 0.333 e.